The molecule has 0 spiro atoms. The Kier molecular flexibility index (Phi) is 2.69. The third-order valence-electron chi connectivity index (χ3n) is 1.93. The molecule has 1 N–H and O–H groups in total. The molecule has 1 aromatic carbocycles. The van der Waals surface area contributed by atoms with Crippen LogP contribution in [0.2, 0.25) is 0 Å². The van der Waals surface area contributed by atoms with E-state index in [4.69, 9.17) is 0 Å². The highest BCUT2D eigenvalue weighted by Gasteiger charge is 2.12. The summed E-state index contributed by atoms with van der Waals surface area (Å²) in [6.45, 7) is 0.893. The first-order valence-corrected chi connectivity index (χ1v) is 7.18. The maximum Gasteiger partial charge on any atom is 0.117 e. The average molecular weight is 305 g/mol. The van der Waals surface area contributed by atoms with E-state index in [2.05, 4.69) is 37.7 Å². The fraction of sp³-hybridized carbons (Fsp3) is 0.111. The predicted molar refractivity (Wildman–Crippen MR) is 66.1 cm³/mol. The Labute approximate surface area is 93.4 Å². The Morgan fingerprint density at radius 3 is 3.08 bits per heavy atom. The van der Waals surface area contributed by atoms with Crippen LogP contribution in [0.25, 0.3) is 6.08 Å². The minimum Gasteiger partial charge on any atom is -0.508 e. The lowest BCUT2D eigenvalue weighted by Crippen LogP contribution is -2.15. The summed E-state index contributed by atoms with van der Waals surface area (Å²) in [5, 5.41) is 9.34. The summed E-state index contributed by atoms with van der Waals surface area (Å²) in [7, 11) is 1.64. The lowest BCUT2D eigenvalue weighted by molar-refractivity contribution is 0.475. The van der Waals surface area contributed by atoms with E-state index in [1.165, 1.54) is 0 Å². The Morgan fingerprint density at radius 1 is 1.46 bits per heavy atom. The van der Waals surface area contributed by atoms with Gasteiger partial charge in [0.1, 0.15) is 5.75 Å². The van der Waals surface area contributed by atoms with Gasteiger partial charge in [0.25, 0.3) is 0 Å². The second-order valence-electron chi connectivity index (χ2n) is 2.78. The average Bonchev–Trinajstić information content (AvgIpc) is 2.17. The van der Waals surface area contributed by atoms with Crippen LogP contribution in [0.3, 0.4) is 0 Å². The molecule has 0 saturated heterocycles. The molecule has 0 amide bonds. The van der Waals surface area contributed by atoms with Gasteiger partial charge in [-0.05, 0) is 17.7 Å². The van der Waals surface area contributed by atoms with Crippen molar-refractivity contribution in [1.82, 2.24) is 0 Å². The maximum absolute atomic E-state index is 9.34. The second-order valence-corrected chi connectivity index (χ2v) is 4.54. The number of phenolic OH excluding ortho intramolecular Hbond substituents is 1. The van der Waals surface area contributed by atoms with Crippen LogP contribution in [0.1, 0.15) is 5.56 Å². The summed E-state index contributed by atoms with van der Waals surface area (Å²) in [4.78, 5) is 0. The van der Waals surface area contributed by atoms with E-state index in [9.17, 15) is 5.11 Å². The van der Waals surface area contributed by atoms with Gasteiger partial charge >= 0.3 is 0 Å². The van der Waals surface area contributed by atoms with Crippen LogP contribution in [0.4, 0.5) is 5.69 Å². The van der Waals surface area contributed by atoms with Gasteiger partial charge in [-0.1, -0.05) is 12.2 Å². The van der Waals surface area contributed by atoms with Crippen molar-refractivity contribution in [2.24, 2.45) is 0 Å². The molecule has 2 nitrogen and oxygen atoms in total. The van der Waals surface area contributed by atoms with Crippen LogP contribution in [0, 0.1) is 0 Å². The van der Waals surface area contributed by atoms with E-state index in [0.29, 0.717) is 5.75 Å². The third kappa shape index (κ3) is 1.78. The largest absolute Gasteiger partial charge is 0.508 e. The molecule has 1 aliphatic rings. The molecule has 2 rings (SSSR count). The lowest BCUT2D eigenvalue weighted by Gasteiger charge is -2.24. The van der Waals surface area contributed by atoms with Gasteiger partial charge in [-0.3, -0.25) is 0 Å². The molecular weight excluding hydrogens is 297 g/mol. The first-order chi connectivity index (χ1) is 6.31. The molecule has 1 aliphatic heterocycles. The number of fused-ring (bicyclic) bond motifs is 1. The summed E-state index contributed by atoms with van der Waals surface area (Å²) >= 11 is 2.24. The van der Waals surface area contributed by atoms with Gasteiger partial charge in [-0.2, -0.15) is 0 Å². The zero-order valence-corrected chi connectivity index (χ0v) is 9.75. The van der Waals surface area contributed by atoms with Crippen molar-refractivity contribution < 1.29 is 5.11 Å². The zero-order valence-electron chi connectivity index (χ0n) is 6.77. The Hall–Kier alpha value is -0.360. The molecule has 0 fully saturated rings. The number of phenols is 1. The SMILES string of the molecule is Oc1ccc2c(c1)N(SI)CC=C2. The van der Waals surface area contributed by atoms with Crippen molar-refractivity contribution in [2.45, 2.75) is 0 Å². The van der Waals surface area contributed by atoms with Gasteiger partial charge in [0.05, 0.1) is 5.69 Å². The van der Waals surface area contributed by atoms with Gasteiger partial charge in [-0.25, -0.2) is 0 Å². The Bertz CT molecular complexity index is 353. The van der Waals surface area contributed by atoms with Crippen LogP contribution in [-0.4, -0.2) is 11.7 Å². The minimum atomic E-state index is 0.324. The normalized spacial score (nSPS) is 14.4. The van der Waals surface area contributed by atoms with Gasteiger partial charge in [0, 0.05) is 42.9 Å². The van der Waals surface area contributed by atoms with E-state index < -0.39 is 0 Å². The monoisotopic (exact) mass is 305 g/mol. The first kappa shape index (κ1) is 9.21. The smallest absolute Gasteiger partial charge is 0.117 e. The van der Waals surface area contributed by atoms with E-state index in [1.54, 1.807) is 21.3 Å². The van der Waals surface area contributed by atoms with Crippen molar-refractivity contribution in [1.29, 1.82) is 0 Å². The molecule has 4 heteroatoms. The molecule has 13 heavy (non-hydrogen) atoms. The summed E-state index contributed by atoms with van der Waals surface area (Å²) in [6.07, 6.45) is 4.20. The van der Waals surface area contributed by atoms with Crippen molar-refractivity contribution in [2.75, 3.05) is 10.8 Å². The molecule has 68 valence electrons. The summed E-state index contributed by atoms with van der Waals surface area (Å²) in [6, 6.07) is 5.44. The fourth-order valence-corrected chi connectivity index (χ4v) is 2.82. The summed E-state index contributed by atoms with van der Waals surface area (Å²) in [5.41, 5.74) is 2.25. The first-order valence-electron chi connectivity index (χ1n) is 3.87. The molecule has 0 atom stereocenters. The summed E-state index contributed by atoms with van der Waals surface area (Å²) < 4.78 is 2.13. The fourth-order valence-electron chi connectivity index (χ4n) is 1.33. The van der Waals surface area contributed by atoms with Gasteiger partial charge in [0.15, 0.2) is 0 Å². The van der Waals surface area contributed by atoms with Crippen LogP contribution in [0.15, 0.2) is 24.3 Å². The quantitative estimate of drug-likeness (QED) is 0.636. The van der Waals surface area contributed by atoms with Crippen molar-refractivity contribution in [3.63, 3.8) is 0 Å². The van der Waals surface area contributed by atoms with E-state index in [1.807, 2.05) is 6.07 Å². The molecule has 0 saturated carbocycles. The standard InChI is InChI=1S/C9H8INOS/c10-13-11-5-1-2-7-3-4-8(12)6-9(7)11/h1-4,6,12H,5H2. The molecule has 0 aromatic heterocycles. The van der Waals surface area contributed by atoms with Crippen LogP contribution < -0.4 is 4.31 Å². The highest BCUT2D eigenvalue weighted by molar-refractivity contribution is 14.2. The molecule has 0 bridgehead atoms. The van der Waals surface area contributed by atoms with Crippen LogP contribution >= 0.6 is 30.3 Å². The van der Waals surface area contributed by atoms with E-state index >= 15 is 0 Å². The number of hydrogen-bond donors (Lipinski definition) is 1. The number of anilines is 1. The van der Waals surface area contributed by atoms with Gasteiger partial charge in [-0.15, -0.1) is 0 Å². The summed E-state index contributed by atoms with van der Waals surface area (Å²) in [5.74, 6) is 0.324. The number of aromatic hydroxyl groups is 1. The topological polar surface area (TPSA) is 23.5 Å². The molecule has 1 aromatic rings. The van der Waals surface area contributed by atoms with Crippen molar-refractivity contribution in [3.8, 4) is 5.75 Å². The maximum atomic E-state index is 9.34. The number of hydrogen-bond acceptors (Lipinski definition) is 3. The number of nitrogens with zero attached hydrogens (tertiary/aromatic N) is 1. The highest BCUT2D eigenvalue weighted by Crippen LogP contribution is 2.35. The number of benzene rings is 1. The Morgan fingerprint density at radius 2 is 2.31 bits per heavy atom. The van der Waals surface area contributed by atoms with Crippen LogP contribution in [0.5, 0.6) is 5.75 Å². The highest BCUT2D eigenvalue weighted by atomic mass is 127. The number of rotatable bonds is 1. The lowest BCUT2D eigenvalue weighted by atomic mass is 10.1. The number of halogens is 1. The van der Waals surface area contributed by atoms with Gasteiger partial charge in [0.2, 0.25) is 0 Å². The zero-order chi connectivity index (χ0) is 9.26. The second kappa shape index (κ2) is 3.79. The molecule has 0 unspecified atom stereocenters. The molecular formula is C9H8INOS. The van der Waals surface area contributed by atoms with Crippen molar-refractivity contribution >= 4 is 42.1 Å². The molecule has 1 heterocycles. The van der Waals surface area contributed by atoms with Gasteiger partial charge < -0.3 is 9.41 Å². The van der Waals surface area contributed by atoms with Crippen molar-refractivity contribution in [3.05, 3.63) is 29.8 Å². The van der Waals surface area contributed by atoms with Crippen LogP contribution in [-0.2, 0) is 0 Å². The minimum absolute atomic E-state index is 0.324. The predicted octanol–water partition coefficient (Wildman–Crippen LogP) is 3.22. The Balaban J connectivity index is 2.48. The van der Waals surface area contributed by atoms with E-state index in [0.717, 1.165) is 17.8 Å². The molecule has 0 aliphatic carbocycles. The molecule has 0 radical (unpaired) electrons. The third-order valence-corrected chi connectivity index (χ3v) is 3.87. The van der Waals surface area contributed by atoms with E-state index in [-0.39, 0.29) is 0 Å².